The van der Waals surface area contributed by atoms with Crippen molar-refractivity contribution in [3.05, 3.63) is 28.0 Å². The van der Waals surface area contributed by atoms with Gasteiger partial charge >= 0.3 is 5.97 Å². The Balaban J connectivity index is 2.02. The molecule has 0 aromatic carbocycles. The minimum absolute atomic E-state index is 0.220. The van der Waals surface area contributed by atoms with Gasteiger partial charge in [-0.15, -0.1) is 11.3 Å². The summed E-state index contributed by atoms with van der Waals surface area (Å²) in [7, 11) is 0. The standard InChI is InChI=1S/C12H14N2O4S/c15-10(16)2-1-9-3-8-19-11(9)12(17)13-14-4-6-18-7-5-14/h1-3,8H,4-7H2,(H,13,17)(H,15,16)/b2-1+. The molecule has 2 rings (SSSR count). The molecule has 0 saturated carbocycles. The third-order valence-electron chi connectivity index (χ3n) is 2.58. The van der Waals surface area contributed by atoms with Gasteiger partial charge in [0.25, 0.3) is 5.91 Å². The molecule has 102 valence electrons. The molecule has 0 unspecified atom stereocenters. The maximum Gasteiger partial charge on any atom is 0.328 e. The number of hydrogen-bond donors (Lipinski definition) is 2. The van der Waals surface area contributed by atoms with Crippen LogP contribution >= 0.6 is 11.3 Å². The second-order valence-electron chi connectivity index (χ2n) is 3.92. The number of hydrogen-bond acceptors (Lipinski definition) is 5. The molecule has 0 radical (unpaired) electrons. The van der Waals surface area contributed by atoms with Gasteiger partial charge in [0.05, 0.1) is 13.2 Å². The van der Waals surface area contributed by atoms with Crippen LogP contribution in [0.1, 0.15) is 15.2 Å². The fourth-order valence-corrected chi connectivity index (χ4v) is 2.44. The largest absolute Gasteiger partial charge is 0.478 e. The van der Waals surface area contributed by atoms with Gasteiger partial charge in [0.2, 0.25) is 0 Å². The minimum atomic E-state index is -1.04. The van der Waals surface area contributed by atoms with E-state index in [2.05, 4.69) is 5.43 Å². The molecule has 2 heterocycles. The number of aliphatic carboxylic acids is 1. The third-order valence-corrected chi connectivity index (χ3v) is 3.51. The second kappa shape index (κ2) is 6.46. The van der Waals surface area contributed by atoms with E-state index < -0.39 is 5.97 Å². The lowest BCUT2D eigenvalue weighted by Crippen LogP contribution is -2.48. The van der Waals surface area contributed by atoms with Crippen LogP contribution in [0.15, 0.2) is 17.5 Å². The number of ether oxygens (including phenoxy) is 1. The van der Waals surface area contributed by atoms with Gasteiger partial charge < -0.3 is 9.84 Å². The maximum absolute atomic E-state index is 12.1. The number of carbonyl (C=O) groups is 2. The predicted octanol–water partition coefficient (Wildman–Crippen LogP) is 0.823. The van der Waals surface area contributed by atoms with Gasteiger partial charge in [-0.25, -0.2) is 9.80 Å². The number of morpholine rings is 1. The summed E-state index contributed by atoms with van der Waals surface area (Å²) >= 11 is 1.28. The van der Waals surface area contributed by atoms with Crippen LogP contribution in [0.25, 0.3) is 6.08 Å². The van der Waals surface area contributed by atoms with E-state index in [0.29, 0.717) is 36.7 Å². The predicted molar refractivity (Wildman–Crippen MR) is 70.8 cm³/mol. The van der Waals surface area contributed by atoms with E-state index in [1.54, 1.807) is 16.5 Å². The number of carbonyl (C=O) groups excluding carboxylic acids is 1. The number of carboxylic acid groups (broad SMARTS) is 1. The van der Waals surface area contributed by atoms with Crippen molar-refractivity contribution in [2.45, 2.75) is 0 Å². The van der Waals surface area contributed by atoms with E-state index in [0.717, 1.165) is 6.08 Å². The molecule has 0 bridgehead atoms. The molecule has 19 heavy (non-hydrogen) atoms. The molecule has 0 spiro atoms. The highest BCUT2D eigenvalue weighted by Crippen LogP contribution is 2.18. The Morgan fingerprint density at radius 2 is 2.16 bits per heavy atom. The molecule has 0 atom stereocenters. The van der Waals surface area contributed by atoms with E-state index in [-0.39, 0.29) is 5.91 Å². The van der Waals surface area contributed by atoms with E-state index in [1.165, 1.54) is 17.4 Å². The first-order chi connectivity index (χ1) is 9.16. The lowest BCUT2D eigenvalue weighted by atomic mass is 10.2. The average Bonchev–Trinajstić information content (AvgIpc) is 2.86. The Kier molecular flexibility index (Phi) is 4.67. The van der Waals surface area contributed by atoms with Gasteiger partial charge in [-0.1, -0.05) is 0 Å². The molecule has 6 nitrogen and oxygen atoms in total. The van der Waals surface area contributed by atoms with Crippen LogP contribution in [-0.2, 0) is 9.53 Å². The lowest BCUT2D eigenvalue weighted by molar-refractivity contribution is -0.131. The summed E-state index contributed by atoms with van der Waals surface area (Å²) in [5.74, 6) is -1.26. The first-order valence-corrected chi connectivity index (χ1v) is 6.67. The van der Waals surface area contributed by atoms with Crippen molar-refractivity contribution in [2.24, 2.45) is 0 Å². The molecule has 1 amide bonds. The average molecular weight is 282 g/mol. The van der Waals surface area contributed by atoms with Crippen molar-refractivity contribution in [2.75, 3.05) is 26.3 Å². The van der Waals surface area contributed by atoms with Crippen LogP contribution in [0.5, 0.6) is 0 Å². The molecule has 2 N–H and O–H groups in total. The zero-order chi connectivity index (χ0) is 13.7. The smallest absolute Gasteiger partial charge is 0.328 e. The van der Waals surface area contributed by atoms with Gasteiger partial charge in [0, 0.05) is 19.2 Å². The van der Waals surface area contributed by atoms with E-state index in [4.69, 9.17) is 9.84 Å². The van der Waals surface area contributed by atoms with Gasteiger partial charge in [0.1, 0.15) is 4.88 Å². The highest BCUT2D eigenvalue weighted by molar-refractivity contribution is 7.12. The van der Waals surface area contributed by atoms with E-state index in [1.807, 2.05) is 0 Å². The van der Waals surface area contributed by atoms with Crippen molar-refractivity contribution < 1.29 is 19.4 Å². The molecule has 0 aliphatic carbocycles. The highest BCUT2D eigenvalue weighted by atomic mass is 32.1. The summed E-state index contributed by atoms with van der Waals surface area (Å²) in [6.07, 6.45) is 2.45. The first kappa shape index (κ1) is 13.7. The van der Waals surface area contributed by atoms with Crippen molar-refractivity contribution in [1.82, 2.24) is 10.4 Å². The Bertz CT molecular complexity index is 492. The van der Waals surface area contributed by atoms with Gasteiger partial charge in [-0.3, -0.25) is 10.2 Å². The summed E-state index contributed by atoms with van der Waals surface area (Å²) < 4.78 is 5.19. The quantitative estimate of drug-likeness (QED) is 0.799. The fraction of sp³-hybridized carbons (Fsp3) is 0.333. The monoisotopic (exact) mass is 282 g/mol. The Labute approximate surface area is 114 Å². The van der Waals surface area contributed by atoms with E-state index >= 15 is 0 Å². The Morgan fingerprint density at radius 3 is 2.84 bits per heavy atom. The van der Waals surface area contributed by atoms with Crippen molar-refractivity contribution >= 4 is 29.3 Å². The topological polar surface area (TPSA) is 78.9 Å². The molecule has 7 heteroatoms. The summed E-state index contributed by atoms with van der Waals surface area (Å²) in [5, 5.41) is 12.2. The zero-order valence-electron chi connectivity index (χ0n) is 10.2. The van der Waals surface area contributed by atoms with Crippen LogP contribution in [-0.4, -0.2) is 48.3 Å². The number of hydrazine groups is 1. The van der Waals surface area contributed by atoms with Gasteiger partial charge in [-0.2, -0.15) is 0 Å². The molecule has 1 aromatic rings. The second-order valence-corrected chi connectivity index (χ2v) is 4.83. The van der Waals surface area contributed by atoms with Crippen LogP contribution in [0.4, 0.5) is 0 Å². The molecular formula is C12H14N2O4S. The van der Waals surface area contributed by atoms with Crippen molar-refractivity contribution in [3.63, 3.8) is 0 Å². The van der Waals surface area contributed by atoms with Crippen molar-refractivity contribution in [3.8, 4) is 0 Å². The number of nitrogens with zero attached hydrogens (tertiary/aromatic N) is 1. The molecule has 1 aliphatic heterocycles. The Hall–Kier alpha value is -1.70. The van der Waals surface area contributed by atoms with Crippen LogP contribution in [0, 0.1) is 0 Å². The zero-order valence-corrected chi connectivity index (χ0v) is 11.0. The van der Waals surface area contributed by atoms with Crippen LogP contribution in [0.2, 0.25) is 0 Å². The van der Waals surface area contributed by atoms with Crippen LogP contribution < -0.4 is 5.43 Å². The number of carboxylic acids is 1. The molecule has 1 saturated heterocycles. The molecule has 1 aliphatic rings. The van der Waals surface area contributed by atoms with Gasteiger partial charge in [-0.05, 0) is 23.1 Å². The Morgan fingerprint density at radius 1 is 1.42 bits per heavy atom. The molecule has 1 fully saturated rings. The first-order valence-electron chi connectivity index (χ1n) is 5.79. The molecule has 1 aromatic heterocycles. The number of thiophene rings is 1. The summed E-state index contributed by atoms with van der Waals surface area (Å²) in [6.45, 7) is 2.49. The maximum atomic E-state index is 12.1. The third kappa shape index (κ3) is 3.88. The normalized spacial score (nSPS) is 16.6. The fourth-order valence-electron chi connectivity index (χ4n) is 1.67. The number of nitrogens with one attached hydrogen (secondary N) is 1. The minimum Gasteiger partial charge on any atom is -0.478 e. The lowest BCUT2D eigenvalue weighted by Gasteiger charge is -2.26. The number of rotatable bonds is 4. The van der Waals surface area contributed by atoms with Crippen molar-refractivity contribution in [1.29, 1.82) is 0 Å². The SMILES string of the molecule is O=C(O)/C=C/c1ccsc1C(=O)NN1CCOCC1. The summed E-state index contributed by atoms with van der Waals surface area (Å²) in [4.78, 5) is 23.1. The number of amides is 1. The summed E-state index contributed by atoms with van der Waals surface area (Å²) in [5.41, 5.74) is 3.40. The van der Waals surface area contributed by atoms with E-state index in [9.17, 15) is 9.59 Å². The van der Waals surface area contributed by atoms with Crippen LogP contribution in [0.3, 0.4) is 0 Å². The summed E-state index contributed by atoms with van der Waals surface area (Å²) in [6, 6.07) is 1.72. The van der Waals surface area contributed by atoms with Gasteiger partial charge in [0.15, 0.2) is 0 Å². The molecular weight excluding hydrogens is 268 g/mol. The highest BCUT2D eigenvalue weighted by Gasteiger charge is 2.17.